The molecule has 0 unspecified atom stereocenters. The molecule has 2 aliphatic rings. The molecule has 92 heavy (non-hydrogen) atoms. The van der Waals surface area contributed by atoms with Crippen LogP contribution in [0, 0.1) is 0 Å². The van der Waals surface area contributed by atoms with Crippen molar-refractivity contribution in [2.45, 2.75) is 38.5 Å². The molecule has 0 fully saturated rings. The minimum atomic E-state index is 1.01. The van der Waals surface area contributed by atoms with E-state index < -0.39 is 0 Å². The summed E-state index contributed by atoms with van der Waals surface area (Å²) in [6, 6.07) is 117. The van der Waals surface area contributed by atoms with Crippen molar-refractivity contribution in [2.24, 2.45) is 0 Å². The number of fused-ring (bicyclic) bond motifs is 8. The lowest BCUT2D eigenvalue weighted by molar-refractivity contribution is 0.720. The van der Waals surface area contributed by atoms with Crippen molar-refractivity contribution in [3.8, 4) is 66.8 Å². The average Bonchev–Trinajstić information content (AvgIpc) is 0.909. The summed E-state index contributed by atoms with van der Waals surface area (Å²) < 4.78 is 0. The lowest BCUT2D eigenvalue weighted by Gasteiger charge is -2.20. The Bertz CT molecular complexity index is 5490. The van der Waals surface area contributed by atoms with Crippen LogP contribution in [-0.2, 0) is 6.42 Å². The first-order valence-corrected chi connectivity index (χ1v) is 32.8. The molecule has 2 aliphatic carbocycles. The zero-order valence-corrected chi connectivity index (χ0v) is 51.4. The highest BCUT2D eigenvalue weighted by atomic mass is 14.2. The SMILES string of the molecule is C1=C(c2ccc(-c3ccc(-c4c5ccccc5c(-c5ccc6ccccc6c5)c5ccccc45)c4ccccc34)cc2)CCCCC1.C1=C(c2ccc(-c3ccc(-c4c5ccccc5c(-c5ccc6ccccc6c5)c5ccccc45)cc3)cc2)Cc2ccccc21. The molecule has 18 rings (SSSR count). The summed E-state index contributed by atoms with van der Waals surface area (Å²) >= 11 is 0. The number of hydrogen-bond donors (Lipinski definition) is 0. The number of hydrogen-bond acceptors (Lipinski definition) is 0. The highest BCUT2D eigenvalue weighted by Crippen LogP contribution is 2.48. The van der Waals surface area contributed by atoms with Crippen LogP contribution in [-0.4, -0.2) is 0 Å². The van der Waals surface area contributed by atoms with E-state index in [0.29, 0.717) is 0 Å². The Hall–Kier alpha value is -11.2. The highest BCUT2D eigenvalue weighted by molar-refractivity contribution is 6.25. The number of allylic oxidation sites excluding steroid dienone is 3. The molecule has 0 N–H and O–H groups in total. The first-order chi connectivity index (χ1) is 45.6. The first kappa shape index (κ1) is 54.9. The summed E-state index contributed by atoms with van der Waals surface area (Å²) in [5.74, 6) is 0. The molecule has 0 heteroatoms. The molecule has 0 amide bonds. The summed E-state index contributed by atoms with van der Waals surface area (Å²) in [4.78, 5) is 0. The molecule has 0 saturated carbocycles. The van der Waals surface area contributed by atoms with E-state index in [2.05, 4.69) is 328 Å². The molecule has 434 valence electrons. The average molecular weight is 1170 g/mol. The molecule has 0 bridgehead atoms. The molecule has 0 nitrogen and oxygen atoms in total. The molecule has 0 atom stereocenters. The fourth-order valence-electron chi connectivity index (χ4n) is 15.3. The van der Waals surface area contributed by atoms with Crippen LogP contribution in [0.2, 0.25) is 0 Å². The molecule has 0 aromatic heterocycles. The molecule has 16 aromatic rings. The van der Waals surface area contributed by atoms with Gasteiger partial charge < -0.3 is 0 Å². The van der Waals surface area contributed by atoms with Gasteiger partial charge in [0.2, 0.25) is 0 Å². The Balaban J connectivity index is 0.000000141. The van der Waals surface area contributed by atoms with Gasteiger partial charge in [0.05, 0.1) is 0 Å². The summed E-state index contributed by atoms with van der Waals surface area (Å²) in [5, 5.41) is 17.9. The molecular formula is C92H66. The Kier molecular flexibility index (Phi) is 14.1. The van der Waals surface area contributed by atoms with Crippen molar-refractivity contribution in [2.75, 3.05) is 0 Å². The maximum absolute atomic E-state index is 2.46. The van der Waals surface area contributed by atoms with Crippen molar-refractivity contribution in [3.05, 3.63) is 344 Å². The van der Waals surface area contributed by atoms with Gasteiger partial charge in [-0.3, -0.25) is 0 Å². The Morgan fingerprint density at radius 3 is 1.10 bits per heavy atom. The summed E-state index contributed by atoms with van der Waals surface area (Å²) in [6.45, 7) is 0. The molecule has 0 heterocycles. The van der Waals surface area contributed by atoms with Crippen LogP contribution < -0.4 is 0 Å². The first-order valence-electron chi connectivity index (χ1n) is 32.8. The summed E-state index contributed by atoms with van der Waals surface area (Å²) in [6.07, 6.45) is 12.2. The summed E-state index contributed by atoms with van der Waals surface area (Å²) in [7, 11) is 0. The fraction of sp³-hybridized carbons (Fsp3) is 0.0652. The lowest BCUT2D eigenvalue weighted by Crippen LogP contribution is -1.92. The predicted molar refractivity (Wildman–Crippen MR) is 397 cm³/mol. The van der Waals surface area contributed by atoms with Crippen LogP contribution in [0.3, 0.4) is 0 Å². The number of rotatable bonds is 8. The van der Waals surface area contributed by atoms with Crippen LogP contribution in [0.1, 0.15) is 54.4 Å². The van der Waals surface area contributed by atoms with Gasteiger partial charge in [-0.15, -0.1) is 0 Å². The number of benzene rings is 16. The van der Waals surface area contributed by atoms with Crippen molar-refractivity contribution in [1.29, 1.82) is 0 Å². The van der Waals surface area contributed by atoms with Crippen molar-refractivity contribution in [1.82, 2.24) is 0 Å². The van der Waals surface area contributed by atoms with Gasteiger partial charge in [0.25, 0.3) is 0 Å². The molecule has 16 aromatic carbocycles. The molecule has 0 radical (unpaired) electrons. The van der Waals surface area contributed by atoms with Crippen LogP contribution in [0.5, 0.6) is 0 Å². The third kappa shape index (κ3) is 9.97. The van der Waals surface area contributed by atoms with Gasteiger partial charge in [-0.25, -0.2) is 0 Å². The minimum Gasteiger partial charge on any atom is -0.0807 e. The smallest absolute Gasteiger partial charge is 0.00137 e. The maximum atomic E-state index is 2.46. The molecule has 0 spiro atoms. The maximum Gasteiger partial charge on any atom is -0.00137 e. The zero-order valence-electron chi connectivity index (χ0n) is 51.4. The predicted octanol–water partition coefficient (Wildman–Crippen LogP) is 25.9. The van der Waals surface area contributed by atoms with Gasteiger partial charge in [-0.1, -0.05) is 322 Å². The summed E-state index contributed by atoms with van der Waals surface area (Å²) in [5.41, 5.74) is 23.6. The van der Waals surface area contributed by atoms with E-state index >= 15 is 0 Å². The van der Waals surface area contributed by atoms with E-state index in [1.54, 1.807) is 0 Å². The van der Waals surface area contributed by atoms with E-state index in [-0.39, 0.29) is 0 Å². The Morgan fingerprint density at radius 2 is 0.587 bits per heavy atom. The second-order valence-corrected chi connectivity index (χ2v) is 25.1. The van der Waals surface area contributed by atoms with Crippen molar-refractivity contribution >= 4 is 92.6 Å². The van der Waals surface area contributed by atoms with E-state index in [1.165, 1.54) is 208 Å². The van der Waals surface area contributed by atoms with Gasteiger partial charge in [0, 0.05) is 0 Å². The van der Waals surface area contributed by atoms with Crippen molar-refractivity contribution < 1.29 is 0 Å². The Morgan fingerprint density at radius 1 is 0.217 bits per heavy atom. The fourth-order valence-corrected chi connectivity index (χ4v) is 15.3. The van der Waals surface area contributed by atoms with E-state index in [9.17, 15) is 0 Å². The normalized spacial score (nSPS) is 13.1. The van der Waals surface area contributed by atoms with E-state index in [0.717, 1.165) is 6.42 Å². The molecule has 0 aliphatic heterocycles. The van der Waals surface area contributed by atoms with Gasteiger partial charge >= 0.3 is 0 Å². The van der Waals surface area contributed by atoms with Gasteiger partial charge in [0.1, 0.15) is 0 Å². The highest BCUT2D eigenvalue weighted by Gasteiger charge is 2.22. The van der Waals surface area contributed by atoms with E-state index in [1.807, 2.05) is 0 Å². The van der Waals surface area contributed by atoms with Crippen LogP contribution in [0.15, 0.2) is 322 Å². The second kappa shape index (κ2) is 23.6. The lowest BCUT2D eigenvalue weighted by atomic mass is 9.83. The quantitative estimate of drug-likeness (QED) is 0.133. The standard InChI is InChI=1S/C47H36.C45H30/c1-2-4-14-32(13-3-1)34-23-26-35(27-24-34)38-29-30-45(40-18-8-7-17-39(38)40)47-43-21-11-9-19-41(43)46(42-20-10-12-22-44(42)47)37-28-25-33-15-5-6-16-36(33)31-37;1-2-10-35-27-38(26-23-30(35)9-1)45-42-15-7-5-13-40(42)44(41-14-6-8-16-43(41)45)34-24-21-32(22-25-34)31-17-19-33(20-18-31)39-28-36-11-3-4-12-37(36)29-39/h5-13,15-31H,1-4,14H2;1-28H,29H2. The van der Waals surface area contributed by atoms with Crippen LogP contribution >= 0.6 is 0 Å². The molecular weight excluding hydrogens is 1110 g/mol. The molecule has 0 saturated heterocycles. The second-order valence-electron chi connectivity index (χ2n) is 25.1. The largest absolute Gasteiger partial charge is 0.0807 e. The van der Waals surface area contributed by atoms with Crippen molar-refractivity contribution in [3.63, 3.8) is 0 Å². The van der Waals surface area contributed by atoms with Crippen LogP contribution in [0.25, 0.3) is 159 Å². The van der Waals surface area contributed by atoms with E-state index in [4.69, 9.17) is 0 Å². The Labute approximate surface area is 538 Å². The minimum absolute atomic E-state index is 1.01. The third-order valence-electron chi connectivity index (χ3n) is 19.8. The third-order valence-corrected chi connectivity index (χ3v) is 19.8. The monoisotopic (exact) mass is 1170 g/mol. The zero-order chi connectivity index (χ0) is 60.9. The topological polar surface area (TPSA) is 0 Å². The van der Waals surface area contributed by atoms with Gasteiger partial charge in [-0.05, 0) is 220 Å². The van der Waals surface area contributed by atoms with Gasteiger partial charge in [0.15, 0.2) is 0 Å². The van der Waals surface area contributed by atoms with Crippen LogP contribution in [0.4, 0.5) is 0 Å². The van der Waals surface area contributed by atoms with Gasteiger partial charge in [-0.2, -0.15) is 0 Å².